The van der Waals surface area contributed by atoms with E-state index in [0.29, 0.717) is 12.3 Å². The number of aliphatic hydroxyl groups excluding tert-OH is 1. The van der Waals surface area contributed by atoms with Gasteiger partial charge in [-0.1, -0.05) is 24.3 Å². The highest BCUT2D eigenvalue weighted by Gasteiger charge is 2.18. The molecule has 0 radical (unpaired) electrons. The van der Waals surface area contributed by atoms with Gasteiger partial charge in [0.2, 0.25) is 0 Å². The van der Waals surface area contributed by atoms with E-state index in [1.807, 2.05) is 36.4 Å². The van der Waals surface area contributed by atoms with E-state index in [-0.39, 0.29) is 12.4 Å². The summed E-state index contributed by atoms with van der Waals surface area (Å²) in [7, 11) is 2.12. The molecule has 1 unspecified atom stereocenters. The summed E-state index contributed by atoms with van der Waals surface area (Å²) in [4.78, 5) is 8.53. The van der Waals surface area contributed by atoms with Crippen LogP contribution in [-0.4, -0.2) is 72.4 Å². The van der Waals surface area contributed by atoms with Crippen molar-refractivity contribution in [2.24, 2.45) is 0 Å². The molecule has 1 fully saturated rings. The molecule has 1 saturated heterocycles. The van der Waals surface area contributed by atoms with Crippen molar-refractivity contribution in [2.45, 2.75) is 6.10 Å². The van der Waals surface area contributed by atoms with Gasteiger partial charge in [0.05, 0.1) is 6.20 Å². The SMILES string of the molecule is CN1CCN(CC(O)COc2ccc(-c3cncc(F)c3)c3ccccc23)CC1. The van der Waals surface area contributed by atoms with Crippen LogP contribution in [0.4, 0.5) is 4.39 Å². The molecule has 0 spiro atoms. The first kappa shape index (κ1) is 19.8. The van der Waals surface area contributed by atoms with Crippen LogP contribution in [0, 0.1) is 5.82 Å². The van der Waals surface area contributed by atoms with Crippen LogP contribution in [0.25, 0.3) is 21.9 Å². The number of hydrogen-bond acceptors (Lipinski definition) is 5. The third kappa shape index (κ3) is 4.72. The molecule has 0 saturated carbocycles. The molecule has 0 aliphatic carbocycles. The van der Waals surface area contributed by atoms with Gasteiger partial charge >= 0.3 is 0 Å². The van der Waals surface area contributed by atoms with Gasteiger partial charge in [0, 0.05) is 49.9 Å². The number of likely N-dealkylation sites (N-methyl/N-ethyl adjacent to an activating group) is 1. The van der Waals surface area contributed by atoms with E-state index in [1.54, 1.807) is 6.20 Å². The van der Waals surface area contributed by atoms with E-state index in [4.69, 9.17) is 4.74 Å². The van der Waals surface area contributed by atoms with Gasteiger partial charge in [0.1, 0.15) is 24.3 Å². The fourth-order valence-electron chi connectivity index (χ4n) is 3.78. The Labute approximate surface area is 170 Å². The second-order valence-electron chi connectivity index (χ2n) is 7.62. The number of pyridine rings is 1. The minimum atomic E-state index is -0.552. The summed E-state index contributed by atoms with van der Waals surface area (Å²) in [6.07, 6.45) is 2.31. The predicted molar refractivity (Wildman–Crippen MR) is 113 cm³/mol. The van der Waals surface area contributed by atoms with Gasteiger partial charge in [-0.3, -0.25) is 9.88 Å². The minimum absolute atomic E-state index is 0.233. The fraction of sp³-hybridized carbons (Fsp3) is 0.348. The van der Waals surface area contributed by atoms with Gasteiger partial charge in [0.25, 0.3) is 0 Å². The maximum absolute atomic E-state index is 13.6. The molecule has 5 nitrogen and oxygen atoms in total. The summed E-state index contributed by atoms with van der Waals surface area (Å²) in [6, 6.07) is 13.1. The molecule has 0 bridgehead atoms. The lowest BCUT2D eigenvalue weighted by Crippen LogP contribution is -2.47. The van der Waals surface area contributed by atoms with Gasteiger partial charge in [-0.15, -0.1) is 0 Å². The first-order chi connectivity index (χ1) is 14.1. The molecule has 1 N–H and O–H groups in total. The van der Waals surface area contributed by atoms with Crippen LogP contribution in [0.5, 0.6) is 5.75 Å². The number of benzene rings is 2. The van der Waals surface area contributed by atoms with Crippen molar-refractivity contribution in [3.8, 4) is 16.9 Å². The lowest BCUT2D eigenvalue weighted by molar-refractivity contribution is 0.0509. The summed E-state index contributed by atoms with van der Waals surface area (Å²) < 4.78 is 19.6. The topological polar surface area (TPSA) is 48.8 Å². The largest absolute Gasteiger partial charge is 0.490 e. The number of fused-ring (bicyclic) bond motifs is 1. The van der Waals surface area contributed by atoms with Crippen molar-refractivity contribution in [3.63, 3.8) is 0 Å². The quantitative estimate of drug-likeness (QED) is 0.695. The number of β-amino-alcohol motifs (C(OH)–C–C–N with tert-alkyl or cyclic N) is 1. The Morgan fingerprint density at radius 2 is 1.83 bits per heavy atom. The van der Waals surface area contributed by atoms with Gasteiger partial charge in [-0.2, -0.15) is 0 Å². The number of hydrogen-bond donors (Lipinski definition) is 1. The van der Waals surface area contributed by atoms with Crippen LogP contribution in [0.15, 0.2) is 54.9 Å². The Morgan fingerprint density at radius 3 is 2.59 bits per heavy atom. The van der Waals surface area contributed by atoms with Gasteiger partial charge in [-0.25, -0.2) is 4.39 Å². The van der Waals surface area contributed by atoms with Crippen molar-refractivity contribution < 1.29 is 14.2 Å². The molecule has 3 aromatic rings. The Hall–Kier alpha value is -2.54. The average molecular weight is 395 g/mol. The third-order valence-corrected chi connectivity index (χ3v) is 5.40. The standard InChI is InChI=1S/C23H26FN3O2/c1-26-8-10-27(11-9-26)15-19(28)16-29-23-7-6-20(17-12-18(24)14-25-13-17)21-4-2-3-5-22(21)23/h2-7,12-14,19,28H,8-11,15-16H2,1H3. The summed E-state index contributed by atoms with van der Waals surface area (Å²) in [6.45, 7) is 4.82. The summed E-state index contributed by atoms with van der Waals surface area (Å²) >= 11 is 0. The van der Waals surface area contributed by atoms with Crippen LogP contribution in [-0.2, 0) is 0 Å². The van der Waals surface area contributed by atoms with Crippen LogP contribution >= 0.6 is 0 Å². The van der Waals surface area contributed by atoms with Crippen molar-refractivity contribution >= 4 is 10.8 Å². The van der Waals surface area contributed by atoms with Crippen LogP contribution < -0.4 is 4.74 Å². The first-order valence-electron chi connectivity index (χ1n) is 9.94. The first-order valence-corrected chi connectivity index (χ1v) is 9.94. The van der Waals surface area contributed by atoms with E-state index in [9.17, 15) is 9.50 Å². The molecule has 6 heteroatoms. The molecule has 1 atom stereocenters. The van der Waals surface area contributed by atoms with Crippen LogP contribution in [0.1, 0.15) is 0 Å². The van der Waals surface area contributed by atoms with E-state index < -0.39 is 6.10 Å². The molecule has 4 rings (SSSR count). The summed E-state index contributed by atoms with van der Waals surface area (Å²) in [5.74, 6) is 0.352. The smallest absolute Gasteiger partial charge is 0.142 e. The van der Waals surface area contributed by atoms with Gasteiger partial charge < -0.3 is 14.7 Å². The second kappa shape index (κ2) is 8.86. The number of aliphatic hydroxyl groups is 1. The Kier molecular flexibility index (Phi) is 6.04. The molecule has 0 amide bonds. The zero-order chi connectivity index (χ0) is 20.2. The van der Waals surface area contributed by atoms with E-state index in [1.165, 1.54) is 12.3 Å². The number of rotatable bonds is 6. The Morgan fingerprint density at radius 1 is 1.07 bits per heavy atom. The lowest BCUT2D eigenvalue weighted by Gasteiger charge is -2.33. The lowest BCUT2D eigenvalue weighted by atomic mass is 9.99. The van der Waals surface area contributed by atoms with Crippen molar-refractivity contribution in [2.75, 3.05) is 46.4 Å². The Balaban J connectivity index is 1.49. The van der Waals surface area contributed by atoms with Crippen LogP contribution in [0.2, 0.25) is 0 Å². The predicted octanol–water partition coefficient (Wildman–Crippen LogP) is 3.03. The van der Waals surface area contributed by atoms with Gasteiger partial charge in [-0.05, 0) is 36.2 Å². The number of aromatic nitrogens is 1. The van der Waals surface area contributed by atoms with E-state index in [0.717, 1.165) is 48.1 Å². The van der Waals surface area contributed by atoms with Gasteiger partial charge in [0.15, 0.2) is 0 Å². The average Bonchev–Trinajstić information content (AvgIpc) is 2.73. The molecule has 1 aliphatic rings. The maximum Gasteiger partial charge on any atom is 0.142 e. The zero-order valence-electron chi connectivity index (χ0n) is 16.6. The second-order valence-corrected chi connectivity index (χ2v) is 7.62. The zero-order valence-corrected chi connectivity index (χ0v) is 16.6. The molecule has 152 valence electrons. The maximum atomic E-state index is 13.6. The highest BCUT2D eigenvalue weighted by atomic mass is 19.1. The van der Waals surface area contributed by atoms with Crippen molar-refractivity contribution in [3.05, 3.63) is 60.7 Å². The van der Waals surface area contributed by atoms with Crippen molar-refractivity contribution in [1.29, 1.82) is 0 Å². The summed E-state index contributed by atoms with van der Waals surface area (Å²) in [5.41, 5.74) is 1.63. The third-order valence-electron chi connectivity index (χ3n) is 5.40. The molecule has 1 aromatic heterocycles. The highest BCUT2D eigenvalue weighted by Crippen LogP contribution is 2.34. The Bertz CT molecular complexity index is 973. The number of ether oxygens (including phenoxy) is 1. The number of halogens is 1. The van der Waals surface area contributed by atoms with E-state index in [2.05, 4.69) is 21.8 Å². The monoisotopic (exact) mass is 395 g/mol. The van der Waals surface area contributed by atoms with Crippen molar-refractivity contribution in [1.82, 2.24) is 14.8 Å². The fourth-order valence-corrected chi connectivity index (χ4v) is 3.78. The molecular weight excluding hydrogens is 369 g/mol. The molecule has 29 heavy (non-hydrogen) atoms. The normalized spacial score (nSPS) is 16.8. The molecule has 2 aromatic carbocycles. The molecular formula is C23H26FN3O2. The highest BCUT2D eigenvalue weighted by molar-refractivity contribution is 5.99. The number of piperazine rings is 1. The minimum Gasteiger partial charge on any atom is -0.490 e. The number of nitrogens with zero attached hydrogens (tertiary/aromatic N) is 3. The summed E-state index contributed by atoms with van der Waals surface area (Å²) in [5, 5.41) is 12.3. The van der Waals surface area contributed by atoms with Crippen LogP contribution in [0.3, 0.4) is 0 Å². The molecule has 2 heterocycles. The molecule has 1 aliphatic heterocycles. The van der Waals surface area contributed by atoms with E-state index >= 15 is 0 Å².